The van der Waals surface area contributed by atoms with Crippen LogP contribution in [-0.2, 0) is 4.79 Å². The molecule has 120 valence electrons. The molecule has 0 saturated carbocycles. The van der Waals surface area contributed by atoms with Crippen molar-refractivity contribution in [3.8, 4) is 11.5 Å². The lowest BCUT2D eigenvalue weighted by Gasteiger charge is -2.09. The van der Waals surface area contributed by atoms with E-state index in [1.54, 1.807) is 32.0 Å². The highest BCUT2D eigenvalue weighted by molar-refractivity contribution is 6.32. The summed E-state index contributed by atoms with van der Waals surface area (Å²) in [5, 5.41) is 11.5. The lowest BCUT2D eigenvalue weighted by Crippen LogP contribution is -2.18. The van der Waals surface area contributed by atoms with Crippen LogP contribution in [0.4, 0.5) is 5.69 Å². The predicted molar refractivity (Wildman–Crippen MR) is 85.2 cm³/mol. The zero-order chi connectivity index (χ0) is 17.0. The number of halogens is 1. The molecule has 23 heavy (non-hydrogen) atoms. The zero-order valence-corrected chi connectivity index (χ0v) is 13.3. The molecule has 0 aliphatic rings. The maximum Gasteiger partial charge on any atom is 0.349 e. The van der Waals surface area contributed by atoms with Crippen molar-refractivity contribution in [3.63, 3.8) is 0 Å². The summed E-state index contributed by atoms with van der Waals surface area (Å²) in [6.07, 6.45) is 0. The average molecular weight is 336 g/mol. The Morgan fingerprint density at radius 3 is 2.43 bits per heavy atom. The van der Waals surface area contributed by atoms with Gasteiger partial charge in [-0.1, -0.05) is 23.7 Å². The highest BCUT2D eigenvalue weighted by atomic mass is 35.5. The molecule has 0 fully saturated rings. The van der Waals surface area contributed by atoms with Crippen LogP contribution in [0.2, 0.25) is 5.02 Å². The Morgan fingerprint density at radius 1 is 1.22 bits per heavy atom. The summed E-state index contributed by atoms with van der Waals surface area (Å²) in [6.45, 7) is 3.17. The number of hydrogen-bond donors (Lipinski definition) is 0. The third-order valence-electron chi connectivity index (χ3n) is 3.05. The van der Waals surface area contributed by atoms with E-state index in [9.17, 15) is 14.9 Å². The highest BCUT2D eigenvalue weighted by Crippen LogP contribution is 2.27. The molecule has 6 nitrogen and oxygen atoms in total. The van der Waals surface area contributed by atoms with E-state index in [1.807, 2.05) is 0 Å². The van der Waals surface area contributed by atoms with E-state index in [2.05, 4.69) is 0 Å². The van der Waals surface area contributed by atoms with E-state index >= 15 is 0 Å². The summed E-state index contributed by atoms with van der Waals surface area (Å²) < 4.78 is 10.3. The molecule has 0 amide bonds. The van der Waals surface area contributed by atoms with Crippen molar-refractivity contribution in [2.24, 2.45) is 0 Å². The molecule has 2 aromatic carbocycles. The van der Waals surface area contributed by atoms with Crippen LogP contribution in [0.1, 0.15) is 11.1 Å². The van der Waals surface area contributed by atoms with Crippen LogP contribution in [0.5, 0.6) is 11.5 Å². The van der Waals surface area contributed by atoms with Crippen LogP contribution in [0, 0.1) is 24.0 Å². The summed E-state index contributed by atoms with van der Waals surface area (Å²) >= 11 is 6.05. The standard InChI is InChI=1S/C16H14ClNO5/c1-10-7-12(8-11(2)16(10)17)23-15(19)9-22-14-6-4-3-5-13(14)18(20)21/h3-8H,9H2,1-2H3. The number of carbonyl (C=O) groups excluding carboxylic acids is 1. The summed E-state index contributed by atoms with van der Waals surface area (Å²) in [7, 11) is 0. The Labute approximate surface area is 137 Å². The van der Waals surface area contributed by atoms with Gasteiger partial charge in [0.15, 0.2) is 12.4 Å². The van der Waals surface area contributed by atoms with E-state index in [1.165, 1.54) is 18.2 Å². The number of rotatable bonds is 5. The minimum Gasteiger partial charge on any atom is -0.475 e. The zero-order valence-electron chi connectivity index (χ0n) is 12.5. The van der Waals surface area contributed by atoms with Crippen LogP contribution in [0.25, 0.3) is 0 Å². The van der Waals surface area contributed by atoms with Gasteiger partial charge >= 0.3 is 11.7 Å². The van der Waals surface area contributed by atoms with Gasteiger partial charge in [-0.05, 0) is 43.2 Å². The predicted octanol–water partition coefficient (Wildman–Crippen LogP) is 3.85. The number of aryl methyl sites for hydroxylation is 2. The quantitative estimate of drug-likeness (QED) is 0.359. The molecule has 0 radical (unpaired) electrons. The molecule has 0 saturated heterocycles. The number of ether oxygens (including phenoxy) is 2. The van der Waals surface area contributed by atoms with Gasteiger partial charge in [-0.15, -0.1) is 0 Å². The second kappa shape index (κ2) is 7.11. The van der Waals surface area contributed by atoms with Crippen LogP contribution in [0.3, 0.4) is 0 Å². The SMILES string of the molecule is Cc1cc(OC(=O)COc2ccccc2[N+](=O)[O-])cc(C)c1Cl. The minimum atomic E-state index is -0.663. The van der Waals surface area contributed by atoms with E-state index in [0.29, 0.717) is 10.8 Å². The number of benzene rings is 2. The second-order valence-corrected chi connectivity index (χ2v) is 5.24. The molecule has 0 heterocycles. The maximum atomic E-state index is 11.8. The van der Waals surface area contributed by atoms with Crippen LogP contribution >= 0.6 is 11.6 Å². The van der Waals surface area contributed by atoms with Gasteiger partial charge in [0.1, 0.15) is 5.75 Å². The number of para-hydroxylation sites is 2. The summed E-state index contributed by atoms with van der Waals surface area (Å²) in [5.41, 5.74) is 1.36. The molecule has 0 aliphatic heterocycles. The lowest BCUT2D eigenvalue weighted by atomic mass is 10.1. The van der Waals surface area contributed by atoms with Crippen LogP contribution < -0.4 is 9.47 Å². The fourth-order valence-corrected chi connectivity index (χ4v) is 2.10. The molecule has 0 spiro atoms. The Hall–Kier alpha value is -2.60. The third kappa shape index (κ3) is 4.20. The number of carbonyl (C=O) groups is 1. The molecule has 0 aliphatic carbocycles. The van der Waals surface area contributed by atoms with Crippen LogP contribution in [0.15, 0.2) is 36.4 Å². The topological polar surface area (TPSA) is 78.7 Å². The Bertz CT molecular complexity index is 737. The third-order valence-corrected chi connectivity index (χ3v) is 3.65. The molecule has 2 rings (SSSR count). The molecule has 0 unspecified atom stereocenters. The highest BCUT2D eigenvalue weighted by Gasteiger charge is 2.16. The molecular weight excluding hydrogens is 322 g/mol. The van der Waals surface area contributed by atoms with Crippen molar-refractivity contribution in [2.75, 3.05) is 6.61 Å². The summed E-state index contributed by atoms with van der Waals surface area (Å²) in [5.74, 6) is -0.303. The van der Waals surface area contributed by atoms with Crippen molar-refractivity contribution < 1.29 is 19.2 Å². The first kappa shape index (κ1) is 16.8. The van der Waals surface area contributed by atoms with Gasteiger partial charge in [-0.2, -0.15) is 0 Å². The summed E-state index contributed by atoms with van der Waals surface area (Å²) in [6, 6.07) is 9.09. The van der Waals surface area contributed by atoms with Crippen molar-refractivity contribution in [1.29, 1.82) is 0 Å². The summed E-state index contributed by atoms with van der Waals surface area (Å²) in [4.78, 5) is 22.1. The minimum absolute atomic E-state index is 0.0120. The monoisotopic (exact) mass is 335 g/mol. The van der Waals surface area contributed by atoms with E-state index in [4.69, 9.17) is 21.1 Å². The number of nitro groups is 1. The van der Waals surface area contributed by atoms with E-state index in [0.717, 1.165) is 11.1 Å². The van der Waals surface area contributed by atoms with Gasteiger partial charge in [-0.3, -0.25) is 10.1 Å². The van der Waals surface area contributed by atoms with E-state index < -0.39 is 17.5 Å². The molecule has 0 atom stereocenters. The van der Waals surface area contributed by atoms with E-state index in [-0.39, 0.29) is 11.4 Å². The van der Waals surface area contributed by atoms with Crippen molar-refractivity contribution in [1.82, 2.24) is 0 Å². The molecular formula is C16H14ClNO5. The maximum absolute atomic E-state index is 11.8. The van der Waals surface area contributed by atoms with Gasteiger partial charge < -0.3 is 9.47 Å². The molecule has 2 aromatic rings. The Morgan fingerprint density at radius 2 is 1.83 bits per heavy atom. The number of nitro benzene ring substituents is 1. The van der Waals surface area contributed by atoms with Gasteiger partial charge in [-0.25, -0.2) is 4.79 Å². The first-order chi connectivity index (χ1) is 10.9. The van der Waals surface area contributed by atoms with Gasteiger partial charge in [0.05, 0.1) is 4.92 Å². The van der Waals surface area contributed by atoms with Gasteiger partial charge in [0, 0.05) is 11.1 Å². The molecule has 0 bridgehead atoms. The fraction of sp³-hybridized carbons (Fsp3) is 0.188. The Kier molecular flexibility index (Phi) is 5.18. The largest absolute Gasteiger partial charge is 0.475 e. The number of hydrogen-bond acceptors (Lipinski definition) is 5. The van der Waals surface area contributed by atoms with Crippen molar-refractivity contribution in [3.05, 3.63) is 62.7 Å². The first-order valence-corrected chi connectivity index (χ1v) is 7.10. The molecule has 0 N–H and O–H groups in total. The fourth-order valence-electron chi connectivity index (χ4n) is 1.99. The normalized spacial score (nSPS) is 10.2. The van der Waals surface area contributed by atoms with Gasteiger partial charge in [0.2, 0.25) is 0 Å². The first-order valence-electron chi connectivity index (χ1n) is 6.72. The van der Waals surface area contributed by atoms with Crippen molar-refractivity contribution >= 4 is 23.3 Å². The Balaban J connectivity index is 2.03. The molecule has 0 aromatic heterocycles. The van der Waals surface area contributed by atoms with Crippen LogP contribution in [-0.4, -0.2) is 17.5 Å². The van der Waals surface area contributed by atoms with Crippen molar-refractivity contribution in [2.45, 2.75) is 13.8 Å². The number of esters is 1. The molecule has 7 heteroatoms. The van der Waals surface area contributed by atoms with Gasteiger partial charge in [0.25, 0.3) is 0 Å². The second-order valence-electron chi connectivity index (χ2n) is 4.86. The average Bonchev–Trinajstić information content (AvgIpc) is 2.50. The number of nitrogens with zero attached hydrogens (tertiary/aromatic N) is 1. The smallest absolute Gasteiger partial charge is 0.349 e. The lowest BCUT2D eigenvalue weighted by molar-refractivity contribution is -0.385.